The van der Waals surface area contributed by atoms with Crippen LogP contribution in [0, 0.1) is 0 Å². The van der Waals surface area contributed by atoms with Crippen LogP contribution in [-0.4, -0.2) is 42.2 Å². The molecule has 116 valence electrons. The molecular formula is C14H13N7O2. The molecule has 0 saturated carbocycles. The summed E-state index contributed by atoms with van der Waals surface area (Å²) in [5.41, 5.74) is 0.462. The molecule has 1 amide bonds. The lowest BCUT2D eigenvalue weighted by Gasteiger charge is -2.08. The largest absolute Gasteiger partial charge is 0.349 e. The topological polar surface area (TPSA) is 118 Å². The Labute approximate surface area is 130 Å². The van der Waals surface area contributed by atoms with Gasteiger partial charge in [-0.2, -0.15) is 5.10 Å². The molecule has 0 aliphatic heterocycles. The van der Waals surface area contributed by atoms with Gasteiger partial charge < -0.3 is 9.88 Å². The van der Waals surface area contributed by atoms with E-state index in [0.717, 1.165) is 0 Å². The maximum absolute atomic E-state index is 11.9. The molecule has 0 unspecified atom stereocenters. The zero-order chi connectivity index (χ0) is 16.1. The van der Waals surface area contributed by atoms with Crippen molar-refractivity contribution in [2.24, 2.45) is 0 Å². The van der Waals surface area contributed by atoms with Gasteiger partial charge in [-0.3, -0.25) is 14.6 Å². The van der Waals surface area contributed by atoms with Gasteiger partial charge in [0.05, 0.1) is 6.20 Å². The second kappa shape index (κ2) is 6.60. The number of imidazole rings is 1. The van der Waals surface area contributed by atoms with Gasteiger partial charge in [0.1, 0.15) is 11.4 Å². The van der Waals surface area contributed by atoms with Gasteiger partial charge in [0, 0.05) is 43.9 Å². The van der Waals surface area contributed by atoms with E-state index in [1.807, 2.05) is 4.57 Å². The molecule has 3 aromatic rings. The fourth-order valence-electron chi connectivity index (χ4n) is 1.99. The predicted molar refractivity (Wildman–Crippen MR) is 80.4 cm³/mol. The molecule has 3 aromatic heterocycles. The van der Waals surface area contributed by atoms with Crippen molar-refractivity contribution in [3.63, 3.8) is 0 Å². The normalized spacial score (nSPS) is 10.4. The number of hydrogen-bond donors (Lipinski definition) is 2. The molecule has 9 nitrogen and oxygen atoms in total. The maximum atomic E-state index is 11.9. The monoisotopic (exact) mass is 311 g/mol. The van der Waals surface area contributed by atoms with E-state index < -0.39 is 0 Å². The molecular weight excluding hydrogens is 298 g/mol. The van der Waals surface area contributed by atoms with E-state index >= 15 is 0 Å². The van der Waals surface area contributed by atoms with Crippen LogP contribution in [0.1, 0.15) is 10.5 Å². The van der Waals surface area contributed by atoms with Crippen LogP contribution in [0.15, 0.2) is 47.9 Å². The molecule has 0 aliphatic rings. The highest BCUT2D eigenvalue weighted by Gasteiger charge is 2.09. The smallest absolute Gasteiger partial charge is 0.271 e. The van der Waals surface area contributed by atoms with E-state index in [2.05, 4.69) is 30.5 Å². The third-order valence-electron chi connectivity index (χ3n) is 3.06. The zero-order valence-corrected chi connectivity index (χ0v) is 12.0. The summed E-state index contributed by atoms with van der Waals surface area (Å²) in [6, 6.07) is 2.63. The van der Waals surface area contributed by atoms with Gasteiger partial charge in [0.25, 0.3) is 11.5 Å². The van der Waals surface area contributed by atoms with E-state index in [1.165, 1.54) is 12.1 Å². The van der Waals surface area contributed by atoms with Gasteiger partial charge >= 0.3 is 0 Å². The Kier molecular flexibility index (Phi) is 4.18. The number of hydrogen-bond acceptors (Lipinski definition) is 6. The molecule has 3 heterocycles. The van der Waals surface area contributed by atoms with Crippen LogP contribution in [0.3, 0.4) is 0 Å². The standard InChI is InChI=1S/C14H13N7O2/c22-12-2-1-10(19-20-12)14(23)18-6-8-21-7-5-17-13(21)11-9-15-3-4-16-11/h1-5,7,9H,6,8H2,(H,18,23)(H,20,22). The molecule has 0 aromatic carbocycles. The molecule has 0 fully saturated rings. The van der Waals surface area contributed by atoms with Crippen LogP contribution < -0.4 is 10.9 Å². The summed E-state index contributed by atoms with van der Waals surface area (Å²) in [7, 11) is 0. The second-order valence-corrected chi connectivity index (χ2v) is 4.60. The third kappa shape index (κ3) is 3.46. The lowest BCUT2D eigenvalue weighted by Crippen LogP contribution is -2.29. The first-order chi connectivity index (χ1) is 11.2. The maximum Gasteiger partial charge on any atom is 0.271 e. The van der Waals surface area contributed by atoms with Gasteiger partial charge in [-0.15, -0.1) is 0 Å². The Morgan fingerprint density at radius 1 is 1.22 bits per heavy atom. The molecule has 0 spiro atoms. The average Bonchev–Trinajstić information content (AvgIpc) is 3.05. The van der Waals surface area contributed by atoms with E-state index in [9.17, 15) is 9.59 Å². The van der Waals surface area contributed by atoms with Crippen molar-refractivity contribution >= 4 is 5.91 Å². The number of amides is 1. The average molecular weight is 311 g/mol. The minimum atomic E-state index is -0.359. The summed E-state index contributed by atoms with van der Waals surface area (Å²) in [4.78, 5) is 35.3. The number of aromatic nitrogens is 6. The molecule has 0 saturated heterocycles. The fourth-order valence-corrected chi connectivity index (χ4v) is 1.99. The van der Waals surface area contributed by atoms with E-state index in [1.54, 1.807) is 31.0 Å². The molecule has 0 bridgehead atoms. The van der Waals surface area contributed by atoms with Gasteiger partial charge in [0.15, 0.2) is 5.82 Å². The van der Waals surface area contributed by atoms with Crippen LogP contribution in [0.4, 0.5) is 0 Å². The van der Waals surface area contributed by atoms with Crippen LogP contribution in [0.25, 0.3) is 11.5 Å². The Bertz CT molecular complexity index is 836. The third-order valence-corrected chi connectivity index (χ3v) is 3.06. The first-order valence-electron chi connectivity index (χ1n) is 6.85. The summed E-state index contributed by atoms with van der Waals surface area (Å²) >= 11 is 0. The van der Waals surface area contributed by atoms with Gasteiger partial charge in [0.2, 0.25) is 0 Å². The first kappa shape index (κ1) is 14.6. The number of carbonyl (C=O) groups is 1. The van der Waals surface area contributed by atoms with Crippen molar-refractivity contribution in [1.29, 1.82) is 0 Å². The van der Waals surface area contributed by atoms with E-state index in [-0.39, 0.29) is 17.2 Å². The zero-order valence-electron chi connectivity index (χ0n) is 12.0. The number of nitrogens with one attached hydrogen (secondary N) is 2. The molecule has 0 atom stereocenters. The van der Waals surface area contributed by atoms with Crippen molar-refractivity contribution in [1.82, 2.24) is 35.0 Å². The number of rotatable bonds is 5. The van der Waals surface area contributed by atoms with Crippen molar-refractivity contribution in [3.05, 3.63) is 59.2 Å². The van der Waals surface area contributed by atoms with E-state index in [0.29, 0.717) is 24.6 Å². The lowest BCUT2D eigenvalue weighted by atomic mass is 10.3. The fraction of sp³-hybridized carbons (Fsp3) is 0.143. The minimum Gasteiger partial charge on any atom is -0.349 e. The summed E-state index contributed by atoms with van der Waals surface area (Å²) in [5.74, 6) is 0.317. The number of H-pyrrole nitrogens is 1. The molecule has 9 heteroatoms. The number of nitrogens with zero attached hydrogens (tertiary/aromatic N) is 5. The van der Waals surface area contributed by atoms with Gasteiger partial charge in [-0.25, -0.2) is 15.1 Å². The Balaban J connectivity index is 1.61. The minimum absolute atomic E-state index is 0.157. The summed E-state index contributed by atoms with van der Waals surface area (Å²) in [5, 5.41) is 8.62. The van der Waals surface area contributed by atoms with Crippen LogP contribution >= 0.6 is 0 Å². The van der Waals surface area contributed by atoms with Crippen molar-refractivity contribution in [2.45, 2.75) is 6.54 Å². The van der Waals surface area contributed by atoms with Crippen LogP contribution in [0.5, 0.6) is 0 Å². The molecule has 23 heavy (non-hydrogen) atoms. The highest BCUT2D eigenvalue weighted by molar-refractivity contribution is 5.91. The quantitative estimate of drug-likeness (QED) is 0.676. The summed E-state index contributed by atoms with van der Waals surface area (Å²) < 4.78 is 1.87. The molecule has 2 N–H and O–H groups in total. The second-order valence-electron chi connectivity index (χ2n) is 4.60. The summed E-state index contributed by atoms with van der Waals surface area (Å²) in [6.45, 7) is 0.893. The SMILES string of the molecule is O=C(NCCn1ccnc1-c1cnccn1)c1ccc(=O)[nH]n1. The first-order valence-corrected chi connectivity index (χ1v) is 6.85. The molecule has 3 rings (SSSR count). The highest BCUT2D eigenvalue weighted by Crippen LogP contribution is 2.12. The highest BCUT2D eigenvalue weighted by atomic mass is 16.2. The molecule has 0 radical (unpaired) electrons. The van der Waals surface area contributed by atoms with Gasteiger partial charge in [-0.05, 0) is 6.07 Å². The number of carbonyl (C=O) groups excluding carboxylic acids is 1. The van der Waals surface area contributed by atoms with Crippen molar-refractivity contribution in [3.8, 4) is 11.5 Å². The van der Waals surface area contributed by atoms with Crippen molar-refractivity contribution < 1.29 is 4.79 Å². The Morgan fingerprint density at radius 3 is 2.87 bits per heavy atom. The lowest BCUT2D eigenvalue weighted by molar-refractivity contribution is 0.0946. The van der Waals surface area contributed by atoms with Crippen LogP contribution in [0.2, 0.25) is 0 Å². The van der Waals surface area contributed by atoms with Crippen LogP contribution in [-0.2, 0) is 6.54 Å². The Hall–Kier alpha value is -3.36. The van der Waals surface area contributed by atoms with E-state index in [4.69, 9.17) is 0 Å². The summed E-state index contributed by atoms with van der Waals surface area (Å²) in [6.07, 6.45) is 8.28. The predicted octanol–water partition coefficient (Wildman–Crippen LogP) is -0.147. The molecule has 0 aliphatic carbocycles. The number of aromatic amines is 1. The Morgan fingerprint density at radius 2 is 2.13 bits per heavy atom. The van der Waals surface area contributed by atoms with Gasteiger partial charge in [-0.1, -0.05) is 0 Å². The van der Waals surface area contributed by atoms with Crippen molar-refractivity contribution in [2.75, 3.05) is 6.54 Å².